The van der Waals surface area contributed by atoms with Crippen molar-refractivity contribution < 1.29 is 22.7 Å². The standard InChI is InChI=1S/C32H40ClN3O5S/c1-4-5-20-34-32(38)29(23-25-13-7-6-8-14-25)35(24-26-15-11-16-27(33)22-26)31(37)19-12-21-36(42(3,39)40)28-17-9-10-18-30(28)41-2/h6-11,13-18,22,29H,4-5,12,19-21,23-24H2,1-3H3,(H,34,38)/t29-/m1/s1. The molecule has 0 spiro atoms. The number of amides is 2. The highest BCUT2D eigenvalue weighted by molar-refractivity contribution is 7.92. The van der Waals surface area contributed by atoms with Crippen LogP contribution >= 0.6 is 11.6 Å². The van der Waals surface area contributed by atoms with Crippen molar-refractivity contribution in [3.05, 3.63) is 95.0 Å². The maximum Gasteiger partial charge on any atom is 0.243 e. The fraction of sp³-hybridized carbons (Fsp3) is 0.375. The van der Waals surface area contributed by atoms with Crippen LogP contribution in [0.3, 0.4) is 0 Å². The lowest BCUT2D eigenvalue weighted by molar-refractivity contribution is -0.141. The molecule has 0 heterocycles. The third kappa shape index (κ3) is 9.77. The average Bonchev–Trinajstić information content (AvgIpc) is 2.97. The van der Waals surface area contributed by atoms with E-state index in [1.807, 2.05) is 49.4 Å². The van der Waals surface area contributed by atoms with Gasteiger partial charge in [-0.3, -0.25) is 13.9 Å². The topological polar surface area (TPSA) is 96.0 Å². The van der Waals surface area contributed by atoms with Gasteiger partial charge in [0.2, 0.25) is 21.8 Å². The Morgan fingerprint density at radius 1 is 0.952 bits per heavy atom. The minimum atomic E-state index is -3.66. The van der Waals surface area contributed by atoms with Gasteiger partial charge in [-0.1, -0.05) is 79.5 Å². The van der Waals surface area contributed by atoms with Crippen LogP contribution < -0.4 is 14.4 Å². The molecule has 3 aromatic rings. The van der Waals surface area contributed by atoms with Gasteiger partial charge in [0.1, 0.15) is 11.8 Å². The number of ether oxygens (including phenoxy) is 1. The number of rotatable bonds is 16. The van der Waals surface area contributed by atoms with E-state index in [0.717, 1.165) is 30.2 Å². The smallest absolute Gasteiger partial charge is 0.243 e. The highest BCUT2D eigenvalue weighted by Crippen LogP contribution is 2.30. The molecule has 0 aromatic heterocycles. The van der Waals surface area contributed by atoms with E-state index in [1.165, 1.54) is 11.4 Å². The third-order valence-electron chi connectivity index (χ3n) is 6.85. The predicted octanol–water partition coefficient (Wildman–Crippen LogP) is 5.45. The third-order valence-corrected chi connectivity index (χ3v) is 8.26. The van der Waals surface area contributed by atoms with Crippen LogP contribution in [0.25, 0.3) is 0 Å². The van der Waals surface area contributed by atoms with Crippen LogP contribution in [0.15, 0.2) is 78.9 Å². The summed E-state index contributed by atoms with van der Waals surface area (Å²) in [6.45, 7) is 2.82. The minimum absolute atomic E-state index is 0.0370. The summed E-state index contributed by atoms with van der Waals surface area (Å²) in [6.07, 6.45) is 3.50. The van der Waals surface area contributed by atoms with Crippen LogP contribution in [0, 0.1) is 0 Å². The van der Waals surface area contributed by atoms with Crippen molar-refractivity contribution in [3.63, 3.8) is 0 Å². The first-order valence-electron chi connectivity index (χ1n) is 14.1. The summed E-state index contributed by atoms with van der Waals surface area (Å²) in [5.74, 6) is -0.0620. The van der Waals surface area contributed by atoms with Crippen LogP contribution in [0.5, 0.6) is 5.75 Å². The Bertz CT molecular complexity index is 1420. The van der Waals surface area contributed by atoms with Gasteiger partial charge in [0.15, 0.2) is 0 Å². The van der Waals surface area contributed by atoms with Gasteiger partial charge in [-0.25, -0.2) is 8.42 Å². The van der Waals surface area contributed by atoms with Crippen LogP contribution in [-0.4, -0.2) is 57.6 Å². The van der Waals surface area contributed by atoms with E-state index < -0.39 is 16.1 Å². The molecule has 42 heavy (non-hydrogen) atoms. The summed E-state index contributed by atoms with van der Waals surface area (Å²) in [6, 6.07) is 22.9. The molecule has 226 valence electrons. The quantitative estimate of drug-likeness (QED) is 0.217. The Morgan fingerprint density at radius 3 is 2.31 bits per heavy atom. The van der Waals surface area contributed by atoms with Crippen molar-refractivity contribution in [1.82, 2.24) is 10.2 Å². The van der Waals surface area contributed by atoms with Crippen LogP contribution in [-0.2, 0) is 32.6 Å². The summed E-state index contributed by atoms with van der Waals surface area (Å²) in [5, 5.41) is 3.54. The number of carbonyl (C=O) groups is 2. The molecule has 3 rings (SSSR count). The van der Waals surface area contributed by atoms with Crippen molar-refractivity contribution in [3.8, 4) is 5.75 Å². The van der Waals surface area contributed by atoms with Gasteiger partial charge >= 0.3 is 0 Å². The molecule has 0 saturated carbocycles. The number of nitrogens with zero attached hydrogens (tertiary/aromatic N) is 2. The second-order valence-electron chi connectivity index (χ2n) is 10.1. The number of para-hydroxylation sites is 2. The van der Waals surface area contributed by atoms with Crippen LogP contribution in [0.2, 0.25) is 5.02 Å². The summed E-state index contributed by atoms with van der Waals surface area (Å²) >= 11 is 6.25. The Hall–Kier alpha value is -3.56. The second kappa shape index (κ2) is 16.2. The lowest BCUT2D eigenvalue weighted by Gasteiger charge is -2.32. The van der Waals surface area contributed by atoms with Crippen molar-refractivity contribution >= 4 is 39.1 Å². The van der Waals surface area contributed by atoms with Gasteiger partial charge in [0.25, 0.3) is 0 Å². The predicted molar refractivity (Wildman–Crippen MR) is 168 cm³/mol. The number of anilines is 1. The number of hydrogen-bond acceptors (Lipinski definition) is 5. The van der Waals surface area contributed by atoms with E-state index in [0.29, 0.717) is 29.4 Å². The fourth-order valence-electron chi connectivity index (χ4n) is 4.71. The lowest BCUT2D eigenvalue weighted by atomic mass is 10.0. The van der Waals surface area contributed by atoms with E-state index >= 15 is 0 Å². The highest BCUT2D eigenvalue weighted by atomic mass is 35.5. The molecule has 0 aliphatic rings. The molecule has 0 bridgehead atoms. The maximum atomic E-state index is 13.9. The second-order valence-corrected chi connectivity index (χ2v) is 12.5. The van der Waals surface area contributed by atoms with E-state index in [1.54, 1.807) is 41.3 Å². The van der Waals surface area contributed by atoms with Gasteiger partial charge < -0.3 is 15.0 Å². The molecule has 2 amide bonds. The number of nitrogens with one attached hydrogen (secondary N) is 1. The van der Waals surface area contributed by atoms with Crippen molar-refractivity contribution in [2.45, 2.75) is 51.6 Å². The zero-order chi connectivity index (χ0) is 30.5. The van der Waals surface area contributed by atoms with Gasteiger partial charge in [0, 0.05) is 37.5 Å². The molecule has 0 aliphatic carbocycles. The summed E-state index contributed by atoms with van der Waals surface area (Å²) < 4.78 is 32.1. The monoisotopic (exact) mass is 613 g/mol. The zero-order valence-electron chi connectivity index (χ0n) is 24.5. The first kappa shape index (κ1) is 32.9. The summed E-state index contributed by atoms with van der Waals surface area (Å²) in [5.41, 5.74) is 2.13. The molecule has 1 atom stereocenters. The van der Waals surface area contributed by atoms with E-state index in [2.05, 4.69) is 5.32 Å². The molecular weight excluding hydrogens is 574 g/mol. The zero-order valence-corrected chi connectivity index (χ0v) is 26.0. The summed E-state index contributed by atoms with van der Waals surface area (Å²) in [4.78, 5) is 29.1. The molecule has 0 saturated heterocycles. The first-order chi connectivity index (χ1) is 20.1. The van der Waals surface area contributed by atoms with Crippen molar-refractivity contribution in [2.75, 3.05) is 30.8 Å². The molecule has 10 heteroatoms. The first-order valence-corrected chi connectivity index (χ1v) is 16.3. The lowest BCUT2D eigenvalue weighted by Crippen LogP contribution is -2.50. The van der Waals surface area contributed by atoms with Crippen molar-refractivity contribution in [1.29, 1.82) is 0 Å². The number of hydrogen-bond donors (Lipinski definition) is 1. The van der Waals surface area contributed by atoms with Crippen LogP contribution in [0.4, 0.5) is 5.69 Å². The number of benzene rings is 3. The van der Waals surface area contributed by atoms with E-state index in [9.17, 15) is 18.0 Å². The summed E-state index contributed by atoms with van der Waals surface area (Å²) in [7, 11) is -2.17. The number of methoxy groups -OCH3 is 1. The van der Waals surface area contributed by atoms with E-state index in [4.69, 9.17) is 16.3 Å². The number of sulfonamides is 1. The van der Waals surface area contributed by atoms with Crippen LogP contribution in [0.1, 0.15) is 43.7 Å². The maximum absolute atomic E-state index is 13.9. The van der Waals surface area contributed by atoms with Gasteiger partial charge in [0.05, 0.1) is 19.1 Å². The number of halogens is 1. The largest absolute Gasteiger partial charge is 0.495 e. The molecule has 8 nitrogen and oxygen atoms in total. The van der Waals surface area contributed by atoms with E-state index in [-0.39, 0.29) is 37.7 Å². The van der Waals surface area contributed by atoms with Gasteiger partial charge in [-0.15, -0.1) is 0 Å². The number of unbranched alkanes of at least 4 members (excludes halogenated alkanes) is 1. The highest BCUT2D eigenvalue weighted by Gasteiger charge is 2.30. The fourth-order valence-corrected chi connectivity index (χ4v) is 5.89. The minimum Gasteiger partial charge on any atom is -0.495 e. The molecule has 0 radical (unpaired) electrons. The Kier molecular flexibility index (Phi) is 12.7. The van der Waals surface area contributed by atoms with Gasteiger partial charge in [-0.05, 0) is 48.2 Å². The normalized spacial score (nSPS) is 11.9. The Balaban J connectivity index is 1.89. The molecule has 3 aromatic carbocycles. The molecule has 0 unspecified atom stereocenters. The Labute approximate surface area is 254 Å². The Morgan fingerprint density at radius 2 is 1.64 bits per heavy atom. The molecule has 0 aliphatic heterocycles. The molecular formula is C32H40ClN3O5S. The molecule has 0 fully saturated rings. The van der Waals surface area contributed by atoms with Gasteiger partial charge in [-0.2, -0.15) is 0 Å². The SMILES string of the molecule is CCCCNC(=O)[C@@H](Cc1ccccc1)N(Cc1cccc(Cl)c1)C(=O)CCCN(c1ccccc1OC)S(C)(=O)=O. The average molecular weight is 614 g/mol. The number of carbonyl (C=O) groups excluding carboxylic acids is 2. The van der Waals surface area contributed by atoms with Crippen molar-refractivity contribution in [2.24, 2.45) is 0 Å². The molecule has 1 N–H and O–H groups in total.